The molecule has 1 aromatic rings. The van der Waals surface area contributed by atoms with Gasteiger partial charge in [0.1, 0.15) is 5.69 Å². The van der Waals surface area contributed by atoms with E-state index < -0.39 is 14.9 Å². The minimum Gasteiger partial charge on any atom is -0.360 e. The first kappa shape index (κ1) is 21.1. The number of amides is 1. The lowest BCUT2D eigenvalue weighted by molar-refractivity contribution is -0.384. The third-order valence-electron chi connectivity index (χ3n) is 4.69. The average molecular weight is 398 g/mol. The van der Waals surface area contributed by atoms with Crippen molar-refractivity contribution in [1.29, 1.82) is 0 Å². The van der Waals surface area contributed by atoms with Crippen LogP contribution in [0.25, 0.3) is 0 Å². The van der Waals surface area contributed by atoms with E-state index in [9.17, 15) is 23.3 Å². The maximum atomic E-state index is 13.0. The molecule has 0 saturated carbocycles. The number of hydrogen-bond donors (Lipinski definition) is 1. The van der Waals surface area contributed by atoms with Gasteiger partial charge in [0.15, 0.2) is 0 Å². The molecule has 1 aliphatic rings. The van der Waals surface area contributed by atoms with Gasteiger partial charge in [0, 0.05) is 33.3 Å². The zero-order valence-corrected chi connectivity index (χ0v) is 16.8. The van der Waals surface area contributed by atoms with Crippen molar-refractivity contribution in [3.63, 3.8) is 0 Å². The number of nitrogens with zero attached hydrogens (tertiary/aromatic N) is 3. The largest absolute Gasteiger partial charge is 0.360 e. The SMILES string of the molecule is CNC(=O)CN(C)c1ccc(S(=O)(=O)N2C[C@@H](C)C[C@H](C)C2)cc1[N+](=O)[O-]. The second-order valence-corrected chi connectivity index (χ2v) is 9.14. The van der Waals surface area contributed by atoms with Gasteiger partial charge in [0.2, 0.25) is 15.9 Å². The van der Waals surface area contributed by atoms with Crippen molar-refractivity contribution in [3.8, 4) is 0 Å². The van der Waals surface area contributed by atoms with Crippen LogP contribution in [0, 0.1) is 22.0 Å². The zero-order chi connectivity index (χ0) is 20.4. The molecule has 0 aromatic heterocycles. The van der Waals surface area contributed by atoms with Crippen LogP contribution in [0.5, 0.6) is 0 Å². The molecule has 1 amide bonds. The number of likely N-dealkylation sites (N-methyl/N-ethyl adjacent to an activating group) is 2. The van der Waals surface area contributed by atoms with Crippen LogP contribution >= 0.6 is 0 Å². The Bertz CT molecular complexity index is 817. The minimum absolute atomic E-state index is 0.0788. The highest BCUT2D eigenvalue weighted by Gasteiger charge is 2.33. The van der Waals surface area contributed by atoms with Gasteiger partial charge in [-0.25, -0.2) is 8.42 Å². The summed E-state index contributed by atoms with van der Waals surface area (Å²) in [6.07, 6.45) is 0.954. The Morgan fingerprint density at radius 2 is 1.93 bits per heavy atom. The average Bonchev–Trinajstić information content (AvgIpc) is 2.60. The molecule has 150 valence electrons. The Kier molecular flexibility index (Phi) is 6.42. The van der Waals surface area contributed by atoms with E-state index in [0.29, 0.717) is 13.1 Å². The number of piperidine rings is 1. The summed E-state index contributed by atoms with van der Waals surface area (Å²) in [7, 11) is -0.808. The summed E-state index contributed by atoms with van der Waals surface area (Å²) in [5.74, 6) is 0.160. The lowest BCUT2D eigenvalue weighted by Crippen LogP contribution is -2.42. The Morgan fingerprint density at radius 3 is 2.44 bits per heavy atom. The Balaban J connectivity index is 2.39. The van der Waals surface area contributed by atoms with Crippen LogP contribution < -0.4 is 10.2 Å². The lowest BCUT2D eigenvalue weighted by atomic mass is 9.94. The number of nitro benzene ring substituents is 1. The Labute approximate surface area is 159 Å². The first-order valence-electron chi connectivity index (χ1n) is 8.76. The second kappa shape index (κ2) is 8.22. The Hall–Kier alpha value is -2.20. The molecule has 1 fully saturated rings. The summed E-state index contributed by atoms with van der Waals surface area (Å²) in [6, 6.07) is 3.82. The van der Waals surface area contributed by atoms with Crippen molar-refractivity contribution in [3.05, 3.63) is 28.3 Å². The van der Waals surface area contributed by atoms with Crippen molar-refractivity contribution >= 4 is 27.3 Å². The number of nitrogens with one attached hydrogen (secondary N) is 1. The molecule has 9 nitrogen and oxygen atoms in total. The monoisotopic (exact) mass is 398 g/mol. The molecule has 0 spiro atoms. The molecule has 2 atom stereocenters. The third-order valence-corrected chi connectivity index (χ3v) is 6.52. The van der Waals surface area contributed by atoms with Gasteiger partial charge in [-0.2, -0.15) is 4.31 Å². The van der Waals surface area contributed by atoms with E-state index in [0.717, 1.165) is 12.5 Å². The molecule has 0 unspecified atom stereocenters. The number of rotatable bonds is 6. The van der Waals surface area contributed by atoms with E-state index in [1.165, 1.54) is 28.4 Å². The molecule has 1 aliphatic heterocycles. The molecule has 1 heterocycles. The van der Waals surface area contributed by atoms with Crippen LogP contribution in [-0.2, 0) is 14.8 Å². The number of nitro groups is 1. The molecule has 0 radical (unpaired) electrons. The molecule has 0 bridgehead atoms. The van der Waals surface area contributed by atoms with Gasteiger partial charge >= 0.3 is 0 Å². The van der Waals surface area contributed by atoms with E-state index in [1.54, 1.807) is 7.05 Å². The lowest BCUT2D eigenvalue weighted by Gasteiger charge is -2.34. The highest BCUT2D eigenvalue weighted by molar-refractivity contribution is 7.89. The summed E-state index contributed by atoms with van der Waals surface area (Å²) >= 11 is 0. The van der Waals surface area contributed by atoms with Crippen molar-refractivity contribution in [2.75, 3.05) is 38.6 Å². The van der Waals surface area contributed by atoms with Crippen LogP contribution in [0.2, 0.25) is 0 Å². The smallest absolute Gasteiger partial charge is 0.293 e. The third kappa shape index (κ3) is 4.75. The second-order valence-electron chi connectivity index (χ2n) is 7.20. The molecular weight excluding hydrogens is 372 g/mol. The van der Waals surface area contributed by atoms with E-state index in [-0.39, 0.29) is 40.6 Å². The van der Waals surface area contributed by atoms with E-state index in [2.05, 4.69) is 5.32 Å². The predicted octanol–water partition coefficient (Wildman–Crippen LogP) is 1.44. The van der Waals surface area contributed by atoms with Crippen molar-refractivity contribution < 1.29 is 18.1 Å². The fourth-order valence-electron chi connectivity index (χ4n) is 3.46. The van der Waals surface area contributed by atoms with Crippen LogP contribution in [0.3, 0.4) is 0 Å². The van der Waals surface area contributed by atoms with Crippen LogP contribution in [-0.4, -0.2) is 57.3 Å². The van der Waals surface area contributed by atoms with E-state index in [4.69, 9.17) is 0 Å². The molecule has 27 heavy (non-hydrogen) atoms. The van der Waals surface area contributed by atoms with Gasteiger partial charge in [-0.05, 0) is 30.4 Å². The minimum atomic E-state index is -3.82. The number of sulfonamides is 1. The van der Waals surface area contributed by atoms with Gasteiger partial charge in [-0.3, -0.25) is 14.9 Å². The summed E-state index contributed by atoms with van der Waals surface area (Å²) in [5.41, 5.74) is -0.163. The van der Waals surface area contributed by atoms with Gasteiger partial charge in [-0.1, -0.05) is 13.8 Å². The molecule has 1 saturated heterocycles. The fourth-order valence-corrected chi connectivity index (χ4v) is 5.16. The fraction of sp³-hybridized carbons (Fsp3) is 0.588. The number of carbonyl (C=O) groups is 1. The van der Waals surface area contributed by atoms with Crippen molar-refractivity contribution in [1.82, 2.24) is 9.62 Å². The summed E-state index contributed by atoms with van der Waals surface area (Å²) in [4.78, 5) is 23.7. The highest BCUT2D eigenvalue weighted by atomic mass is 32.2. The molecule has 10 heteroatoms. The maximum absolute atomic E-state index is 13.0. The zero-order valence-electron chi connectivity index (χ0n) is 16.0. The van der Waals surface area contributed by atoms with E-state index in [1.807, 2.05) is 13.8 Å². The van der Waals surface area contributed by atoms with E-state index >= 15 is 0 Å². The van der Waals surface area contributed by atoms with Crippen LogP contribution in [0.4, 0.5) is 11.4 Å². The normalized spacial score (nSPS) is 20.9. The van der Waals surface area contributed by atoms with Gasteiger partial charge < -0.3 is 10.2 Å². The molecular formula is C17H26N4O5S. The first-order chi connectivity index (χ1) is 12.6. The van der Waals surface area contributed by atoms with Crippen LogP contribution in [0.15, 0.2) is 23.1 Å². The van der Waals surface area contributed by atoms with Crippen molar-refractivity contribution in [2.45, 2.75) is 25.2 Å². The number of benzene rings is 1. The van der Waals surface area contributed by atoms with Gasteiger partial charge in [0.05, 0.1) is 16.4 Å². The van der Waals surface area contributed by atoms with Crippen LogP contribution in [0.1, 0.15) is 20.3 Å². The molecule has 1 N–H and O–H groups in total. The van der Waals surface area contributed by atoms with Gasteiger partial charge in [0.25, 0.3) is 5.69 Å². The molecule has 1 aromatic carbocycles. The topological polar surface area (TPSA) is 113 Å². The molecule has 2 rings (SSSR count). The number of carbonyl (C=O) groups excluding carboxylic acids is 1. The quantitative estimate of drug-likeness (QED) is 0.573. The highest BCUT2D eigenvalue weighted by Crippen LogP contribution is 2.33. The summed E-state index contributed by atoms with van der Waals surface area (Å²) in [6.45, 7) is 4.72. The van der Waals surface area contributed by atoms with Gasteiger partial charge in [-0.15, -0.1) is 0 Å². The summed E-state index contributed by atoms with van der Waals surface area (Å²) in [5, 5.41) is 14.0. The van der Waals surface area contributed by atoms with Crippen molar-refractivity contribution in [2.24, 2.45) is 11.8 Å². The number of hydrogen-bond acceptors (Lipinski definition) is 6. The number of anilines is 1. The maximum Gasteiger partial charge on any atom is 0.293 e. The first-order valence-corrected chi connectivity index (χ1v) is 10.2. The Morgan fingerprint density at radius 1 is 1.33 bits per heavy atom. The predicted molar refractivity (Wildman–Crippen MR) is 102 cm³/mol. The standard InChI is InChI=1S/C17H26N4O5S/c1-12-7-13(2)10-20(9-12)27(25,26)14-5-6-15(16(8-14)21(23)24)19(4)11-17(22)18-3/h5-6,8,12-13H,7,9-11H2,1-4H3,(H,18,22)/t12-,13-/m0/s1. The summed E-state index contributed by atoms with van der Waals surface area (Å²) < 4.78 is 27.4. The molecule has 0 aliphatic carbocycles.